The van der Waals surface area contributed by atoms with Crippen LogP contribution in [-0.4, -0.2) is 14.5 Å². The van der Waals surface area contributed by atoms with Crippen molar-refractivity contribution in [1.29, 1.82) is 0 Å². The zero-order valence-corrected chi connectivity index (χ0v) is 8.47. The van der Waals surface area contributed by atoms with Crippen molar-refractivity contribution in [3.63, 3.8) is 0 Å². The Bertz CT molecular complexity index is 725. The first kappa shape index (κ1) is 9.18. The predicted molar refractivity (Wildman–Crippen MR) is 61.4 cm³/mol. The number of fused-ring (bicyclic) bond motifs is 3. The maximum absolute atomic E-state index is 11.7. The molecule has 0 saturated carbocycles. The summed E-state index contributed by atoms with van der Waals surface area (Å²) in [7, 11) is 0. The molecule has 0 aliphatic heterocycles. The summed E-state index contributed by atoms with van der Waals surface area (Å²) in [5, 5.41) is 9.04. The number of rotatable bonds is 1. The Morgan fingerprint density at radius 2 is 2.12 bits per heavy atom. The van der Waals surface area contributed by atoms with Gasteiger partial charge in [0, 0.05) is 6.20 Å². The Kier molecular flexibility index (Phi) is 1.84. The van der Waals surface area contributed by atoms with Crippen LogP contribution in [0.4, 0.5) is 0 Å². The van der Waals surface area contributed by atoms with E-state index in [1.54, 1.807) is 12.1 Å². The highest BCUT2D eigenvalue weighted by molar-refractivity contribution is 5.78. The van der Waals surface area contributed by atoms with Crippen molar-refractivity contribution in [2.45, 2.75) is 6.61 Å². The van der Waals surface area contributed by atoms with Crippen molar-refractivity contribution in [3.8, 4) is 0 Å². The number of aliphatic hydroxyl groups is 1. The van der Waals surface area contributed by atoms with Gasteiger partial charge in [0.25, 0.3) is 5.56 Å². The molecule has 0 bridgehead atoms. The van der Waals surface area contributed by atoms with Crippen molar-refractivity contribution in [1.82, 2.24) is 9.38 Å². The monoisotopic (exact) mass is 214 g/mol. The Hall–Kier alpha value is -2.07. The smallest absolute Gasteiger partial charge is 0.272 e. The van der Waals surface area contributed by atoms with Gasteiger partial charge < -0.3 is 14.5 Å². The highest BCUT2D eigenvalue weighted by Crippen LogP contribution is 2.14. The fraction of sp³-hybridized carbons (Fsp3) is 0.0833. The van der Waals surface area contributed by atoms with E-state index < -0.39 is 0 Å². The van der Waals surface area contributed by atoms with E-state index in [4.69, 9.17) is 5.11 Å². The lowest BCUT2D eigenvalue weighted by molar-refractivity contribution is 0.282. The van der Waals surface area contributed by atoms with Crippen LogP contribution < -0.4 is 5.56 Å². The highest BCUT2D eigenvalue weighted by atomic mass is 16.3. The molecule has 4 heteroatoms. The van der Waals surface area contributed by atoms with Gasteiger partial charge in [-0.1, -0.05) is 6.07 Å². The number of nitrogens with one attached hydrogen (secondary N) is 1. The molecular formula is C12H10N2O2. The lowest BCUT2D eigenvalue weighted by atomic mass is 10.2. The largest absolute Gasteiger partial charge is 0.392 e. The number of aliphatic hydroxyl groups excluding tert-OH is 1. The lowest BCUT2D eigenvalue weighted by Gasteiger charge is -2.04. The van der Waals surface area contributed by atoms with Crippen LogP contribution in [0.1, 0.15) is 5.56 Å². The molecule has 0 saturated heterocycles. The fourth-order valence-electron chi connectivity index (χ4n) is 1.95. The van der Waals surface area contributed by atoms with E-state index in [0.717, 1.165) is 16.6 Å². The maximum atomic E-state index is 11.7. The molecule has 4 nitrogen and oxygen atoms in total. The van der Waals surface area contributed by atoms with Crippen LogP contribution in [0.5, 0.6) is 0 Å². The number of aromatic nitrogens is 2. The van der Waals surface area contributed by atoms with E-state index in [9.17, 15) is 4.79 Å². The van der Waals surface area contributed by atoms with Crippen LogP contribution in [0, 0.1) is 0 Å². The van der Waals surface area contributed by atoms with Crippen molar-refractivity contribution < 1.29 is 5.11 Å². The van der Waals surface area contributed by atoms with Gasteiger partial charge in [-0.15, -0.1) is 0 Å². The Balaban J connectivity index is 2.53. The third-order valence-electron chi connectivity index (χ3n) is 2.73. The first-order chi connectivity index (χ1) is 7.79. The second-order valence-corrected chi connectivity index (χ2v) is 3.73. The topological polar surface area (TPSA) is 57.5 Å². The number of hydrogen-bond donors (Lipinski definition) is 2. The van der Waals surface area contributed by atoms with Gasteiger partial charge in [-0.2, -0.15) is 0 Å². The number of aromatic amines is 1. The summed E-state index contributed by atoms with van der Waals surface area (Å²) in [4.78, 5) is 14.5. The molecule has 0 aliphatic carbocycles. The molecule has 3 rings (SSSR count). The Morgan fingerprint density at radius 3 is 2.94 bits per heavy atom. The van der Waals surface area contributed by atoms with Crippen LogP contribution in [0.15, 0.2) is 41.3 Å². The molecule has 0 spiro atoms. The van der Waals surface area contributed by atoms with E-state index in [2.05, 4.69) is 4.98 Å². The second kappa shape index (κ2) is 3.21. The number of benzene rings is 1. The number of hydrogen-bond acceptors (Lipinski definition) is 2. The van der Waals surface area contributed by atoms with E-state index in [0.29, 0.717) is 5.52 Å². The third kappa shape index (κ3) is 1.17. The first-order valence-corrected chi connectivity index (χ1v) is 5.02. The van der Waals surface area contributed by atoms with Gasteiger partial charge in [-0.05, 0) is 29.8 Å². The summed E-state index contributed by atoms with van der Waals surface area (Å²) in [6.07, 6.45) is 1.85. The first-order valence-electron chi connectivity index (χ1n) is 5.02. The molecule has 2 N–H and O–H groups in total. The summed E-state index contributed by atoms with van der Waals surface area (Å²) in [6.45, 7) is -0.0261. The van der Waals surface area contributed by atoms with Crippen molar-refractivity contribution in [2.75, 3.05) is 0 Å². The second-order valence-electron chi connectivity index (χ2n) is 3.73. The minimum Gasteiger partial charge on any atom is -0.392 e. The molecule has 0 unspecified atom stereocenters. The fourth-order valence-corrected chi connectivity index (χ4v) is 1.95. The minimum absolute atomic E-state index is 0.0261. The summed E-state index contributed by atoms with van der Waals surface area (Å²) in [5.74, 6) is 0. The van der Waals surface area contributed by atoms with Crippen LogP contribution in [0.25, 0.3) is 16.6 Å². The van der Waals surface area contributed by atoms with Gasteiger partial charge in [0.1, 0.15) is 5.52 Å². The molecule has 16 heavy (non-hydrogen) atoms. The quantitative estimate of drug-likeness (QED) is 0.641. The number of H-pyrrole nitrogens is 1. The van der Waals surface area contributed by atoms with Gasteiger partial charge in [0.2, 0.25) is 0 Å². The zero-order chi connectivity index (χ0) is 11.1. The van der Waals surface area contributed by atoms with Crippen LogP contribution in [0.2, 0.25) is 0 Å². The van der Waals surface area contributed by atoms with E-state index in [1.165, 1.54) is 0 Å². The third-order valence-corrected chi connectivity index (χ3v) is 2.73. The molecule has 80 valence electrons. The summed E-state index contributed by atoms with van der Waals surface area (Å²) < 4.78 is 1.84. The lowest BCUT2D eigenvalue weighted by Crippen LogP contribution is -2.09. The molecule has 0 amide bonds. The van der Waals surface area contributed by atoms with Crippen molar-refractivity contribution in [2.24, 2.45) is 0 Å². The minimum atomic E-state index is -0.118. The molecule has 2 heterocycles. The highest BCUT2D eigenvalue weighted by Gasteiger charge is 2.04. The van der Waals surface area contributed by atoms with Gasteiger partial charge in [-0.3, -0.25) is 4.79 Å². The zero-order valence-electron chi connectivity index (χ0n) is 8.47. The Morgan fingerprint density at radius 1 is 1.25 bits per heavy atom. The number of nitrogens with zero attached hydrogens (tertiary/aromatic N) is 1. The van der Waals surface area contributed by atoms with E-state index >= 15 is 0 Å². The normalized spacial score (nSPS) is 11.3. The standard InChI is InChI=1S/C12H10N2O2/c15-7-8-3-4-10-9(6-8)13-12(16)11-2-1-5-14(10)11/h1-6,15H,7H2,(H,13,16). The van der Waals surface area contributed by atoms with E-state index in [-0.39, 0.29) is 12.2 Å². The average molecular weight is 214 g/mol. The summed E-state index contributed by atoms with van der Waals surface area (Å²) in [6, 6.07) is 9.14. The molecular weight excluding hydrogens is 204 g/mol. The van der Waals surface area contributed by atoms with Gasteiger partial charge in [0.05, 0.1) is 17.6 Å². The molecule has 1 aromatic carbocycles. The van der Waals surface area contributed by atoms with Gasteiger partial charge in [-0.25, -0.2) is 0 Å². The van der Waals surface area contributed by atoms with Gasteiger partial charge >= 0.3 is 0 Å². The van der Waals surface area contributed by atoms with E-state index in [1.807, 2.05) is 28.8 Å². The average Bonchev–Trinajstić information content (AvgIpc) is 2.78. The maximum Gasteiger partial charge on any atom is 0.272 e. The molecule has 3 aromatic rings. The molecule has 0 atom stereocenters. The SMILES string of the molecule is O=c1[nH]c2cc(CO)ccc2n2cccc12. The van der Waals surface area contributed by atoms with Crippen molar-refractivity contribution >= 4 is 16.6 Å². The van der Waals surface area contributed by atoms with Crippen molar-refractivity contribution in [3.05, 3.63) is 52.4 Å². The van der Waals surface area contributed by atoms with Crippen LogP contribution in [0.3, 0.4) is 0 Å². The summed E-state index contributed by atoms with van der Waals surface area (Å²) in [5.41, 5.74) is 2.96. The van der Waals surface area contributed by atoms with Gasteiger partial charge in [0.15, 0.2) is 0 Å². The van der Waals surface area contributed by atoms with Crippen LogP contribution >= 0.6 is 0 Å². The molecule has 0 radical (unpaired) electrons. The molecule has 2 aromatic heterocycles. The molecule has 0 fully saturated rings. The Labute approximate surface area is 90.8 Å². The summed E-state index contributed by atoms with van der Waals surface area (Å²) >= 11 is 0. The van der Waals surface area contributed by atoms with Crippen LogP contribution in [-0.2, 0) is 6.61 Å². The molecule has 0 aliphatic rings. The predicted octanol–water partition coefficient (Wildman–Crippen LogP) is 1.27.